The van der Waals surface area contributed by atoms with Crippen molar-refractivity contribution >= 4 is 12.3 Å². The molecule has 0 radical (unpaired) electrons. The second-order valence-electron chi connectivity index (χ2n) is 7.97. The second-order valence-corrected chi connectivity index (χ2v) is 7.97. The maximum atomic E-state index is 13.1. The van der Waals surface area contributed by atoms with Gasteiger partial charge in [0.05, 0.1) is 6.04 Å². The molecule has 0 heterocycles. The molecule has 0 aromatic heterocycles. The predicted molar refractivity (Wildman–Crippen MR) is 119 cm³/mol. The highest BCUT2D eigenvalue weighted by Gasteiger charge is 2.27. The number of carbonyl (C=O) groups excluding carboxylic acids is 2. The van der Waals surface area contributed by atoms with Crippen LogP contribution in [-0.2, 0) is 14.3 Å². The summed E-state index contributed by atoms with van der Waals surface area (Å²) in [4.78, 5) is 24.2. The van der Waals surface area contributed by atoms with Crippen molar-refractivity contribution in [2.45, 2.75) is 63.6 Å². The number of benzene rings is 2. The second kappa shape index (κ2) is 11.5. The first-order chi connectivity index (χ1) is 14.7. The van der Waals surface area contributed by atoms with Crippen LogP contribution in [0.5, 0.6) is 0 Å². The summed E-state index contributed by atoms with van der Waals surface area (Å²) >= 11 is 0. The van der Waals surface area contributed by atoms with Gasteiger partial charge in [0, 0.05) is 0 Å². The van der Waals surface area contributed by atoms with E-state index in [-0.39, 0.29) is 18.1 Å². The zero-order valence-corrected chi connectivity index (χ0v) is 17.6. The van der Waals surface area contributed by atoms with Crippen LogP contribution in [0.4, 0.5) is 0 Å². The maximum absolute atomic E-state index is 13.1. The van der Waals surface area contributed by atoms with Crippen molar-refractivity contribution in [1.29, 1.82) is 0 Å². The first kappa shape index (κ1) is 22.0. The van der Waals surface area contributed by atoms with Gasteiger partial charge in [-0.15, -0.1) is 0 Å². The first-order valence-corrected chi connectivity index (χ1v) is 10.9. The summed E-state index contributed by atoms with van der Waals surface area (Å²) in [5.74, 6) is -0.242. The number of hydrogen-bond acceptors (Lipinski definition) is 4. The van der Waals surface area contributed by atoms with Gasteiger partial charge in [-0.1, -0.05) is 73.2 Å². The summed E-state index contributed by atoms with van der Waals surface area (Å²) in [6, 6.07) is 19.5. The molecule has 0 spiro atoms. The normalized spacial score (nSPS) is 16.3. The van der Waals surface area contributed by atoms with Crippen LogP contribution in [0, 0.1) is 0 Å². The van der Waals surface area contributed by atoms with Gasteiger partial charge in [0.25, 0.3) is 0 Å². The Bertz CT molecular complexity index is 786. The topological polar surface area (TPSA) is 55.4 Å². The summed E-state index contributed by atoms with van der Waals surface area (Å²) in [5.41, 5.74) is 2.77. The van der Waals surface area contributed by atoms with Crippen molar-refractivity contribution in [3.63, 3.8) is 0 Å². The van der Waals surface area contributed by atoms with E-state index in [1.54, 1.807) is 13.0 Å². The molecule has 0 aliphatic heterocycles. The SMILES string of the molecule is C/C(C=O)=C\CC(NC(c1ccccc1)c1ccccc1)C(=O)OC1CCCCC1. The molecule has 0 amide bonds. The van der Waals surface area contributed by atoms with Gasteiger partial charge in [0.1, 0.15) is 18.4 Å². The molecule has 0 saturated heterocycles. The largest absolute Gasteiger partial charge is 0.461 e. The van der Waals surface area contributed by atoms with Gasteiger partial charge in [-0.05, 0) is 55.7 Å². The van der Waals surface area contributed by atoms with Crippen LogP contribution in [0.15, 0.2) is 72.3 Å². The van der Waals surface area contributed by atoms with Gasteiger partial charge in [-0.25, -0.2) is 0 Å². The number of ether oxygens (including phenoxy) is 1. The Labute approximate surface area is 179 Å². The lowest BCUT2D eigenvalue weighted by Gasteiger charge is -2.28. The van der Waals surface area contributed by atoms with Crippen LogP contribution >= 0.6 is 0 Å². The molecule has 1 unspecified atom stereocenters. The van der Waals surface area contributed by atoms with Gasteiger partial charge >= 0.3 is 5.97 Å². The maximum Gasteiger partial charge on any atom is 0.323 e. The molecular weight excluding hydrogens is 374 g/mol. The molecule has 2 aromatic rings. The van der Waals surface area contributed by atoms with Crippen LogP contribution in [-0.4, -0.2) is 24.4 Å². The lowest BCUT2D eigenvalue weighted by Crippen LogP contribution is -2.42. The van der Waals surface area contributed by atoms with Crippen molar-refractivity contribution in [2.24, 2.45) is 0 Å². The van der Waals surface area contributed by atoms with Crippen LogP contribution in [0.3, 0.4) is 0 Å². The molecule has 3 rings (SSSR count). The van der Waals surface area contributed by atoms with E-state index in [1.165, 1.54) is 6.42 Å². The smallest absolute Gasteiger partial charge is 0.323 e. The third-order valence-electron chi connectivity index (χ3n) is 5.61. The van der Waals surface area contributed by atoms with E-state index in [2.05, 4.69) is 29.6 Å². The van der Waals surface area contributed by atoms with E-state index in [9.17, 15) is 9.59 Å². The van der Waals surface area contributed by atoms with Gasteiger partial charge < -0.3 is 4.74 Å². The zero-order valence-electron chi connectivity index (χ0n) is 17.6. The van der Waals surface area contributed by atoms with E-state index in [4.69, 9.17) is 4.74 Å². The molecule has 30 heavy (non-hydrogen) atoms. The molecule has 1 aliphatic rings. The summed E-state index contributed by atoms with van der Waals surface area (Å²) in [5, 5.41) is 3.52. The fourth-order valence-electron chi connectivity index (χ4n) is 3.89. The monoisotopic (exact) mass is 405 g/mol. The summed E-state index contributed by atoms with van der Waals surface area (Å²) in [6.07, 6.45) is 8.32. The number of esters is 1. The summed E-state index contributed by atoms with van der Waals surface area (Å²) in [6.45, 7) is 1.75. The number of nitrogens with one attached hydrogen (secondary N) is 1. The molecule has 0 bridgehead atoms. The van der Waals surface area contributed by atoms with Crippen molar-refractivity contribution in [2.75, 3.05) is 0 Å². The van der Waals surface area contributed by atoms with E-state index < -0.39 is 6.04 Å². The van der Waals surface area contributed by atoms with Crippen molar-refractivity contribution in [3.8, 4) is 0 Å². The highest BCUT2D eigenvalue weighted by Crippen LogP contribution is 2.25. The van der Waals surface area contributed by atoms with Crippen molar-refractivity contribution in [3.05, 3.63) is 83.4 Å². The minimum Gasteiger partial charge on any atom is -0.461 e. The van der Waals surface area contributed by atoms with Crippen molar-refractivity contribution < 1.29 is 14.3 Å². The van der Waals surface area contributed by atoms with Crippen molar-refractivity contribution in [1.82, 2.24) is 5.32 Å². The van der Waals surface area contributed by atoms with E-state index in [0.717, 1.165) is 43.1 Å². The number of carbonyl (C=O) groups is 2. The Balaban J connectivity index is 1.83. The molecule has 158 valence electrons. The van der Waals surface area contributed by atoms with Crippen LogP contribution in [0.1, 0.15) is 62.6 Å². The number of rotatable bonds is 9. The molecule has 1 atom stereocenters. The Morgan fingerprint density at radius 2 is 1.57 bits per heavy atom. The highest BCUT2D eigenvalue weighted by molar-refractivity contribution is 5.77. The van der Waals surface area contributed by atoms with E-state index >= 15 is 0 Å². The number of aldehydes is 1. The molecule has 1 fully saturated rings. The fourth-order valence-corrected chi connectivity index (χ4v) is 3.89. The molecule has 4 heteroatoms. The minimum absolute atomic E-state index is 0.00130. The summed E-state index contributed by atoms with van der Waals surface area (Å²) < 4.78 is 5.87. The van der Waals surface area contributed by atoms with Gasteiger partial charge in [-0.3, -0.25) is 14.9 Å². The van der Waals surface area contributed by atoms with E-state index in [0.29, 0.717) is 12.0 Å². The molecule has 1 aliphatic carbocycles. The number of hydrogen-bond donors (Lipinski definition) is 1. The summed E-state index contributed by atoms with van der Waals surface area (Å²) in [7, 11) is 0. The standard InChI is InChI=1S/C26H31NO3/c1-20(19-28)17-18-24(26(29)30-23-15-9-4-10-16-23)27-25(21-11-5-2-6-12-21)22-13-7-3-8-14-22/h2-3,5-8,11-14,17,19,23-25,27H,4,9-10,15-16,18H2,1H3/b20-17+. The number of allylic oxidation sites excluding steroid dienone is 1. The molecule has 2 aromatic carbocycles. The average molecular weight is 406 g/mol. The Kier molecular flexibility index (Phi) is 8.40. The van der Waals surface area contributed by atoms with Gasteiger partial charge in [0.15, 0.2) is 0 Å². The Hall–Kier alpha value is -2.72. The quantitative estimate of drug-likeness (QED) is 0.356. The van der Waals surface area contributed by atoms with Gasteiger partial charge in [-0.2, -0.15) is 0 Å². The van der Waals surface area contributed by atoms with Crippen LogP contribution in [0.2, 0.25) is 0 Å². The predicted octanol–water partition coefficient (Wildman–Crippen LogP) is 5.15. The minimum atomic E-state index is -0.535. The highest BCUT2D eigenvalue weighted by atomic mass is 16.5. The molecule has 4 nitrogen and oxygen atoms in total. The average Bonchev–Trinajstić information content (AvgIpc) is 2.80. The first-order valence-electron chi connectivity index (χ1n) is 10.9. The van der Waals surface area contributed by atoms with Crippen LogP contribution in [0.25, 0.3) is 0 Å². The lowest BCUT2D eigenvalue weighted by atomic mass is 9.96. The molecule has 1 N–H and O–H groups in total. The Morgan fingerprint density at radius 3 is 2.10 bits per heavy atom. The Morgan fingerprint density at radius 1 is 1.00 bits per heavy atom. The fraction of sp³-hybridized carbons (Fsp3) is 0.385. The third kappa shape index (κ3) is 6.39. The third-order valence-corrected chi connectivity index (χ3v) is 5.61. The van der Waals surface area contributed by atoms with E-state index in [1.807, 2.05) is 36.4 Å². The van der Waals surface area contributed by atoms with Crippen LogP contribution < -0.4 is 5.32 Å². The molecule has 1 saturated carbocycles. The molecular formula is C26H31NO3. The van der Waals surface area contributed by atoms with Gasteiger partial charge in [0.2, 0.25) is 0 Å². The lowest BCUT2D eigenvalue weighted by molar-refractivity contribution is -0.153. The zero-order chi connectivity index (χ0) is 21.2.